The molecule has 0 aromatic rings. The maximum absolute atomic E-state index is 10.9. The van der Waals surface area contributed by atoms with E-state index in [0.29, 0.717) is 31.0 Å². The summed E-state index contributed by atoms with van der Waals surface area (Å²) in [6.07, 6.45) is 4.71. The molecule has 0 spiro atoms. The highest BCUT2D eigenvalue weighted by atomic mass is 16.6. The van der Waals surface area contributed by atoms with E-state index < -0.39 is 12.1 Å². The molecule has 2 fully saturated rings. The quantitative estimate of drug-likeness (QED) is 0.843. The molecule has 1 N–H and O–H groups in total. The van der Waals surface area contributed by atoms with Gasteiger partial charge < -0.3 is 14.6 Å². The Morgan fingerprint density at radius 2 is 2.05 bits per heavy atom. The van der Waals surface area contributed by atoms with Crippen LogP contribution in [0.25, 0.3) is 0 Å². The molecule has 2 rings (SSSR count). The molecule has 1 saturated heterocycles. The Balaban J connectivity index is 1.81. The van der Waals surface area contributed by atoms with E-state index in [-0.39, 0.29) is 6.10 Å². The van der Waals surface area contributed by atoms with Crippen molar-refractivity contribution in [3.05, 3.63) is 0 Å². The summed E-state index contributed by atoms with van der Waals surface area (Å²) in [5, 5.41) is 8.93. The van der Waals surface area contributed by atoms with Gasteiger partial charge in [-0.1, -0.05) is 27.2 Å². The Labute approximate surface area is 121 Å². The number of hydrogen-bond acceptors (Lipinski definition) is 3. The van der Waals surface area contributed by atoms with E-state index in [9.17, 15) is 4.79 Å². The smallest absolute Gasteiger partial charge is 0.332 e. The van der Waals surface area contributed by atoms with Crippen molar-refractivity contribution in [1.29, 1.82) is 0 Å². The molecule has 0 bridgehead atoms. The average Bonchev–Trinajstić information content (AvgIpc) is 2.85. The van der Waals surface area contributed by atoms with Gasteiger partial charge in [-0.2, -0.15) is 0 Å². The second kappa shape index (κ2) is 6.90. The lowest BCUT2D eigenvalue weighted by molar-refractivity contribution is -0.152. The molecule has 116 valence electrons. The molecule has 1 saturated carbocycles. The second-order valence-corrected chi connectivity index (χ2v) is 6.86. The zero-order valence-corrected chi connectivity index (χ0v) is 12.9. The molecule has 0 aromatic heterocycles. The highest BCUT2D eigenvalue weighted by molar-refractivity contribution is 5.72. The van der Waals surface area contributed by atoms with Crippen molar-refractivity contribution in [3.63, 3.8) is 0 Å². The molecule has 1 heterocycles. The lowest BCUT2D eigenvalue weighted by Crippen LogP contribution is -2.36. The van der Waals surface area contributed by atoms with Crippen LogP contribution in [0.2, 0.25) is 0 Å². The van der Waals surface area contributed by atoms with Crippen LogP contribution in [-0.4, -0.2) is 36.0 Å². The lowest BCUT2D eigenvalue weighted by Gasteiger charge is -2.37. The predicted molar refractivity (Wildman–Crippen MR) is 76.6 cm³/mol. The normalized spacial score (nSPS) is 38.3. The summed E-state index contributed by atoms with van der Waals surface area (Å²) in [7, 11) is 0. The minimum atomic E-state index is -0.848. The predicted octanol–water partition coefficient (Wildman–Crippen LogP) is 3.10. The van der Waals surface area contributed by atoms with Gasteiger partial charge in [0.15, 0.2) is 6.10 Å². The Kier molecular flexibility index (Phi) is 5.44. The van der Waals surface area contributed by atoms with Gasteiger partial charge in [0.1, 0.15) is 0 Å². The van der Waals surface area contributed by atoms with Crippen LogP contribution >= 0.6 is 0 Å². The van der Waals surface area contributed by atoms with Gasteiger partial charge in [-0.3, -0.25) is 0 Å². The van der Waals surface area contributed by atoms with Crippen LogP contribution in [0.3, 0.4) is 0 Å². The maximum atomic E-state index is 10.9. The van der Waals surface area contributed by atoms with Crippen LogP contribution in [0.4, 0.5) is 0 Å². The van der Waals surface area contributed by atoms with E-state index >= 15 is 0 Å². The molecule has 0 radical (unpaired) electrons. The molecule has 1 aliphatic carbocycles. The zero-order valence-electron chi connectivity index (χ0n) is 12.9. The Hall–Kier alpha value is -0.610. The van der Waals surface area contributed by atoms with Crippen molar-refractivity contribution < 1.29 is 19.4 Å². The lowest BCUT2D eigenvalue weighted by atomic mass is 9.75. The highest BCUT2D eigenvalue weighted by Gasteiger charge is 2.34. The van der Waals surface area contributed by atoms with Crippen molar-refractivity contribution in [2.24, 2.45) is 17.8 Å². The SMILES string of the molecule is CC1CCC(C(C)C)C(OCC2CCC(C(=O)O)O2)C1. The molecular formula is C16H28O4. The van der Waals surface area contributed by atoms with E-state index in [1.165, 1.54) is 12.8 Å². The topological polar surface area (TPSA) is 55.8 Å². The van der Waals surface area contributed by atoms with Gasteiger partial charge in [-0.25, -0.2) is 4.79 Å². The van der Waals surface area contributed by atoms with Crippen LogP contribution in [-0.2, 0) is 14.3 Å². The minimum Gasteiger partial charge on any atom is -0.479 e. The number of ether oxygens (including phenoxy) is 2. The third-order valence-corrected chi connectivity index (χ3v) is 4.84. The van der Waals surface area contributed by atoms with Crippen molar-refractivity contribution in [1.82, 2.24) is 0 Å². The summed E-state index contributed by atoms with van der Waals surface area (Å²) in [6.45, 7) is 7.37. The Bertz CT molecular complexity index is 328. The summed E-state index contributed by atoms with van der Waals surface area (Å²) in [6, 6.07) is 0. The van der Waals surface area contributed by atoms with Crippen LogP contribution in [0, 0.1) is 17.8 Å². The number of rotatable bonds is 5. The fourth-order valence-electron chi connectivity index (χ4n) is 3.55. The summed E-state index contributed by atoms with van der Waals surface area (Å²) in [5.41, 5.74) is 0. The molecule has 2 aliphatic rings. The van der Waals surface area contributed by atoms with E-state index in [1.54, 1.807) is 0 Å². The van der Waals surface area contributed by atoms with Gasteiger partial charge >= 0.3 is 5.97 Å². The van der Waals surface area contributed by atoms with Gasteiger partial charge in [-0.15, -0.1) is 0 Å². The van der Waals surface area contributed by atoms with Crippen molar-refractivity contribution in [2.75, 3.05) is 6.61 Å². The fourth-order valence-corrected chi connectivity index (χ4v) is 3.55. The molecule has 0 aromatic carbocycles. The van der Waals surface area contributed by atoms with E-state index in [4.69, 9.17) is 14.6 Å². The first-order valence-electron chi connectivity index (χ1n) is 7.97. The van der Waals surface area contributed by atoms with Crippen molar-refractivity contribution >= 4 is 5.97 Å². The third kappa shape index (κ3) is 3.95. The third-order valence-electron chi connectivity index (χ3n) is 4.84. The van der Waals surface area contributed by atoms with Gasteiger partial charge in [-0.05, 0) is 43.4 Å². The maximum Gasteiger partial charge on any atom is 0.332 e. The molecule has 20 heavy (non-hydrogen) atoms. The molecule has 5 unspecified atom stereocenters. The molecule has 4 heteroatoms. The standard InChI is InChI=1S/C16H28O4/c1-10(2)13-6-4-11(3)8-15(13)19-9-12-5-7-14(20-12)16(17)18/h10-15H,4-9H2,1-3H3,(H,17,18). The van der Waals surface area contributed by atoms with Gasteiger partial charge in [0, 0.05) is 0 Å². The first-order valence-corrected chi connectivity index (χ1v) is 7.97. The molecule has 5 atom stereocenters. The molecule has 4 nitrogen and oxygen atoms in total. The summed E-state index contributed by atoms with van der Waals surface area (Å²) in [4.78, 5) is 10.9. The summed E-state index contributed by atoms with van der Waals surface area (Å²) in [5.74, 6) is 1.15. The van der Waals surface area contributed by atoms with Crippen LogP contribution in [0.5, 0.6) is 0 Å². The zero-order chi connectivity index (χ0) is 14.7. The van der Waals surface area contributed by atoms with Crippen molar-refractivity contribution in [3.8, 4) is 0 Å². The van der Waals surface area contributed by atoms with Crippen LogP contribution < -0.4 is 0 Å². The molecular weight excluding hydrogens is 256 g/mol. The summed E-state index contributed by atoms with van der Waals surface area (Å²) >= 11 is 0. The molecule has 0 amide bonds. The number of carbonyl (C=O) groups is 1. The van der Waals surface area contributed by atoms with E-state index in [0.717, 1.165) is 18.8 Å². The number of aliphatic carboxylic acids is 1. The minimum absolute atomic E-state index is 0.0406. The molecule has 1 aliphatic heterocycles. The number of hydrogen-bond donors (Lipinski definition) is 1. The first kappa shape index (κ1) is 15.8. The first-order chi connectivity index (χ1) is 9.47. The highest BCUT2D eigenvalue weighted by Crippen LogP contribution is 2.35. The van der Waals surface area contributed by atoms with E-state index in [2.05, 4.69) is 20.8 Å². The van der Waals surface area contributed by atoms with Crippen molar-refractivity contribution in [2.45, 2.75) is 71.2 Å². The summed E-state index contributed by atoms with van der Waals surface area (Å²) < 4.78 is 11.6. The monoisotopic (exact) mass is 284 g/mol. The van der Waals surface area contributed by atoms with Gasteiger partial charge in [0.25, 0.3) is 0 Å². The average molecular weight is 284 g/mol. The largest absolute Gasteiger partial charge is 0.479 e. The number of carboxylic acid groups (broad SMARTS) is 1. The van der Waals surface area contributed by atoms with E-state index in [1.807, 2.05) is 0 Å². The Morgan fingerprint density at radius 3 is 2.65 bits per heavy atom. The fraction of sp³-hybridized carbons (Fsp3) is 0.938. The van der Waals surface area contributed by atoms with Crippen LogP contribution in [0.1, 0.15) is 52.9 Å². The van der Waals surface area contributed by atoms with Gasteiger partial charge in [0.05, 0.1) is 18.8 Å². The second-order valence-electron chi connectivity index (χ2n) is 6.86. The number of carboxylic acids is 1. The Morgan fingerprint density at radius 1 is 1.30 bits per heavy atom. The van der Waals surface area contributed by atoms with Gasteiger partial charge in [0.2, 0.25) is 0 Å². The van der Waals surface area contributed by atoms with Crippen LogP contribution in [0.15, 0.2) is 0 Å².